The van der Waals surface area contributed by atoms with E-state index in [9.17, 15) is 5.11 Å². The highest BCUT2D eigenvalue weighted by atomic mass is 16.5. The first-order chi connectivity index (χ1) is 10.1. The first-order valence-electron chi connectivity index (χ1n) is 8.20. The molecule has 1 heterocycles. The highest BCUT2D eigenvalue weighted by Gasteiger charge is 2.39. The zero-order valence-corrected chi connectivity index (χ0v) is 13.6. The monoisotopic (exact) mass is 295 g/mol. The Kier molecular flexibility index (Phi) is 5.65. The Balaban J connectivity index is 2.12. The second-order valence-electron chi connectivity index (χ2n) is 6.04. The van der Waals surface area contributed by atoms with Gasteiger partial charge in [0.25, 0.3) is 0 Å². The lowest BCUT2D eigenvalue weighted by Gasteiger charge is -2.37. The number of nitrogens with zero attached hydrogens (tertiary/aromatic N) is 2. The molecule has 0 aromatic carbocycles. The molecular weight excluding hydrogens is 266 g/mol. The fourth-order valence-electron chi connectivity index (χ4n) is 3.25. The summed E-state index contributed by atoms with van der Waals surface area (Å²) in [5.74, 6) is 0.714. The number of hydrogen-bond donors (Lipinski definition) is 2. The zero-order valence-electron chi connectivity index (χ0n) is 13.6. The normalized spacial score (nSPS) is 26.0. The van der Waals surface area contributed by atoms with Gasteiger partial charge in [-0.15, -0.1) is 0 Å². The molecule has 0 atom stereocenters. The van der Waals surface area contributed by atoms with Gasteiger partial charge < -0.3 is 15.2 Å². The minimum absolute atomic E-state index is 0.527. The van der Waals surface area contributed by atoms with Gasteiger partial charge in [-0.25, -0.2) is 0 Å². The molecule has 0 bridgehead atoms. The van der Waals surface area contributed by atoms with E-state index in [1.54, 1.807) is 13.3 Å². The number of aliphatic hydroxyl groups is 1. The zero-order chi connectivity index (χ0) is 15.3. The summed E-state index contributed by atoms with van der Waals surface area (Å²) < 4.78 is 7.34. The van der Waals surface area contributed by atoms with E-state index in [-0.39, 0.29) is 0 Å². The lowest BCUT2D eigenvalue weighted by Crippen LogP contribution is -2.41. The summed E-state index contributed by atoms with van der Waals surface area (Å²) in [6.07, 6.45) is 7.39. The van der Waals surface area contributed by atoms with Crippen LogP contribution < -0.4 is 10.1 Å². The molecule has 1 aliphatic carbocycles. The summed E-state index contributed by atoms with van der Waals surface area (Å²) in [4.78, 5) is 0. The Morgan fingerprint density at radius 2 is 2.10 bits per heavy atom. The van der Waals surface area contributed by atoms with Crippen molar-refractivity contribution < 1.29 is 9.84 Å². The van der Waals surface area contributed by atoms with Crippen LogP contribution in [0.2, 0.25) is 0 Å². The van der Waals surface area contributed by atoms with Crippen LogP contribution in [0.15, 0.2) is 6.20 Å². The van der Waals surface area contributed by atoms with Crippen molar-refractivity contribution in [2.24, 2.45) is 0 Å². The van der Waals surface area contributed by atoms with Crippen molar-refractivity contribution in [2.75, 3.05) is 13.7 Å². The van der Waals surface area contributed by atoms with Crippen LogP contribution in [0.3, 0.4) is 0 Å². The number of nitrogens with one attached hydrogen (secondary N) is 1. The van der Waals surface area contributed by atoms with E-state index in [1.807, 2.05) is 4.68 Å². The van der Waals surface area contributed by atoms with Crippen LogP contribution in [0.1, 0.15) is 58.1 Å². The third-order valence-corrected chi connectivity index (χ3v) is 4.40. The standard InChI is InChI=1S/C16H29N3O2/c1-4-10-17-13-6-8-16(20,9-7-13)15-14(21-3)12-18-19(15)11-5-2/h12-13,17,20H,4-11H2,1-3H3. The van der Waals surface area contributed by atoms with Gasteiger partial charge in [-0.2, -0.15) is 5.10 Å². The number of hydrogen-bond acceptors (Lipinski definition) is 4. The van der Waals surface area contributed by atoms with Crippen molar-refractivity contribution in [1.82, 2.24) is 15.1 Å². The summed E-state index contributed by atoms with van der Waals surface area (Å²) >= 11 is 0. The van der Waals surface area contributed by atoms with Crippen LogP contribution in [0, 0.1) is 0 Å². The highest BCUT2D eigenvalue weighted by Crippen LogP contribution is 2.41. The Morgan fingerprint density at radius 1 is 1.38 bits per heavy atom. The number of rotatable bonds is 7. The van der Waals surface area contributed by atoms with E-state index >= 15 is 0 Å². The molecule has 0 aliphatic heterocycles. The number of ether oxygens (including phenoxy) is 1. The Hall–Kier alpha value is -1.07. The van der Waals surface area contributed by atoms with E-state index < -0.39 is 5.60 Å². The van der Waals surface area contributed by atoms with E-state index in [1.165, 1.54) is 0 Å². The molecule has 120 valence electrons. The maximum atomic E-state index is 11.1. The van der Waals surface area contributed by atoms with Crippen molar-refractivity contribution in [1.29, 1.82) is 0 Å². The van der Waals surface area contributed by atoms with Crippen LogP contribution in [0.25, 0.3) is 0 Å². The lowest BCUT2D eigenvalue weighted by atomic mass is 9.79. The summed E-state index contributed by atoms with van der Waals surface area (Å²) in [7, 11) is 1.65. The van der Waals surface area contributed by atoms with E-state index in [0.29, 0.717) is 11.8 Å². The second-order valence-corrected chi connectivity index (χ2v) is 6.04. The molecule has 21 heavy (non-hydrogen) atoms. The van der Waals surface area contributed by atoms with Gasteiger partial charge in [-0.05, 0) is 45.1 Å². The van der Waals surface area contributed by atoms with Crippen LogP contribution in [0.5, 0.6) is 5.75 Å². The van der Waals surface area contributed by atoms with E-state index in [4.69, 9.17) is 4.74 Å². The largest absolute Gasteiger partial charge is 0.493 e. The molecule has 1 aromatic rings. The van der Waals surface area contributed by atoms with Crippen LogP contribution >= 0.6 is 0 Å². The van der Waals surface area contributed by atoms with Gasteiger partial charge in [0.2, 0.25) is 0 Å². The third kappa shape index (κ3) is 3.58. The van der Waals surface area contributed by atoms with Gasteiger partial charge in [0.05, 0.1) is 13.3 Å². The van der Waals surface area contributed by atoms with Gasteiger partial charge in [-0.1, -0.05) is 13.8 Å². The third-order valence-electron chi connectivity index (χ3n) is 4.40. The summed E-state index contributed by atoms with van der Waals surface area (Å²) in [5.41, 5.74) is 0.0577. The molecule has 1 aromatic heterocycles. The van der Waals surface area contributed by atoms with Crippen LogP contribution in [0.4, 0.5) is 0 Å². The van der Waals surface area contributed by atoms with Gasteiger partial charge in [-0.3, -0.25) is 4.68 Å². The Labute approximate surface area is 127 Å². The Bertz CT molecular complexity index is 437. The molecule has 2 rings (SSSR count). The summed E-state index contributed by atoms with van der Waals surface area (Å²) in [5, 5.41) is 19.1. The molecule has 0 amide bonds. The first kappa shape index (κ1) is 16.3. The molecule has 0 radical (unpaired) electrons. The summed E-state index contributed by atoms with van der Waals surface area (Å²) in [6.45, 7) is 6.17. The second kappa shape index (κ2) is 7.27. The fourth-order valence-corrected chi connectivity index (χ4v) is 3.25. The molecule has 1 fully saturated rings. The maximum Gasteiger partial charge on any atom is 0.162 e. The SMILES string of the molecule is CCCNC1CCC(O)(c2c(OC)cnn2CCC)CC1. The number of methoxy groups -OCH3 is 1. The molecule has 5 nitrogen and oxygen atoms in total. The van der Waals surface area contributed by atoms with Crippen molar-refractivity contribution in [3.8, 4) is 5.75 Å². The van der Waals surface area contributed by atoms with E-state index in [2.05, 4.69) is 24.3 Å². The first-order valence-corrected chi connectivity index (χ1v) is 8.20. The smallest absolute Gasteiger partial charge is 0.162 e. The molecule has 0 spiro atoms. The minimum atomic E-state index is -0.804. The topological polar surface area (TPSA) is 59.3 Å². The molecule has 0 saturated heterocycles. The Morgan fingerprint density at radius 3 is 2.67 bits per heavy atom. The van der Waals surface area contributed by atoms with Gasteiger partial charge in [0, 0.05) is 12.6 Å². The van der Waals surface area contributed by atoms with Crippen molar-refractivity contribution in [3.05, 3.63) is 11.9 Å². The average Bonchev–Trinajstić information content (AvgIpc) is 2.91. The number of aromatic nitrogens is 2. The van der Waals surface area contributed by atoms with Crippen molar-refractivity contribution >= 4 is 0 Å². The lowest BCUT2D eigenvalue weighted by molar-refractivity contribution is -0.0179. The van der Waals surface area contributed by atoms with Crippen molar-refractivity contribution in [3.63, 3.8) is 0 Å². The van der Waals surface area contributed by atoms with Gasteiger partial charge in [0.1, 0.15) is 11.3 Å². The predicted octanol–water partition coefficient (Wildman–Crippen LogP) is 2.43. The molecule has 0 unspecified atom stereocenters. The molecule has 1 saturated carbocycles. The van der Waals surface area contributed by atoms with Crippen LogP contribution in [-0.2, 0) is 12.1 Å². The predicted molar refractivity (Wildman–Crippen MR) is 83.5 cm³/mol. The molecule has 1 aliphatic rings. The highest BCUT2D eigenvalue weighted by molar-refractivity contribution is 5.31. The minimum Gasteiger partial charge on any atom is -0.493 e. The van der Waals surface area contributed by atoms with Crippen molar-refractivity contribution in [2.45, 2.75) is 70.6 Å². The molecule has 2 N–H and O–H groups in total. The number of aryl methyl sites for hydroxylation is 1. The van der Waals surface area contributed by atoms with Crippen LogP contribution in [-0.4, -0.2) is 34.6 Å². The van der Waals surface area contributed by atoms with E-state index in [0.717, 1.165) is 57.3 Å². The molecular formula is C16H29N3O2. The average molecular weight is 295 g/mol. The van der Waals surface area contributed by atoms with Gasteiger partial charge >= 0.3 is 0 Å². The quantitative estimate of drug-likeness (QED) is 0.811. The fraction of sp³-hybridized carbons (Fsp3) is 0.812. The van der Waals surface area contributed by atoms with Gasteiger partial charge in [0.15, 0.2) is 5.75 Å². The summed E-state index contributed by atoms with van der Waals surface area (Å²) in [6, 6.07) is 0.527. The maximum absolute atomic E-state index is 11.1. The molecule has 5 heteroatoms.